The minimum absolute atomic E-state index is 0.0626. The van der Waals surface area contributed by atoms with Gasteiger partial charge in [-0.05, 0) is 38.8 Å². The van der Waals surface area contributed by atoms with Crippen LogP contribution in [0.4, 0.5) is 16.4 Å². The van der Waals surface area contributed by atoms with E-state index in [4.69, 9.17) is 5.11 Å². The summed E-state index contributed by atoms with van der Waals surface area (Å²) in [6.07, 6.45) is 4.08. The van der Waals surface area contributed by atoms with Crippen molar-refractivity contribution in [3.63, 3.8) is 0 Å². The highest BCUT2D eigenvalue weighted by Gasteiger charge is 2.36. The molecule has 3 heterocycles. The molecule has 0 bridgehead atoms. The molecule has 9 heteroatoms. The van der Waals surface area contributed by atoms with E-state index in [0.717, 1.165) is 11.5 Å². The molecule has 0 saturated heterocycles. The highest BCUT2D eigenvalue weighted by Crippen LogP contribution is 2.34. The van der Waals surface area contributed by atoms with Crippen LogP contribution < -0.4 is 16.0 Å². The fraction of sp³-hybridized carbons (Fsp3) is 0.474. The van der Waals surface area contributed by atoms with Gasteiger partial charge in [0.2, 0.25) is 0 Å². The number of fused-ring (bicyclic) bond motifs is 1. The zero-order valence-electron chi connectivity index (χ0n) is 16.3. The Morgan fingerprint density at radius 3 is 2.57 bits per heavy atom. The SMILES string of the molecule is CC1(C)NC(=O)c2ccc(Nc3cc(C4CCCC4)[nH]n3)nc21.CNC(=O)O. The van der Waals surface area contributed by atoms with E-state index in [9.17, 15) is 9.59 Å². The zero-order valence-corrected chi connectivity index (χ0v) is 16.3. The number of rotatable bonds is 3. The molecule has 150 valence electrons. The van der Waals surface area contributed by atoms with Gasteiger partial charge in [-0.25, -0.2) is 9.78 Å². The first-order valence-corrected chi connectivity index (χ1v) is 9.37. The summed E-state index contributed by atoms with van der Waals surface area (Å²) in [5.41, 5.74) is 2.18. The number of aromatic nitrogens is 3. The predicted molar refractivity (Wildman–Crippen MR) is 105 cm³/mol. The largest absolute Gasteiger partial charge is 0.465 e. The van der Waals surface area contributed by atoms with Crippen LogP contribution >= 0.6 is 0 Å². The number of amides is 2. The van der Waals surface area contributed by atoms with Crippen molar-refractivity contribution in [2.45, 2.75) is 51.0 Å². The maximum atomic E-state index is 11.9. The molecule has 2 amide bonds. The highest BCUT2D eigenvalue weighted by molar-refractivity contribution is 5.99. The molecule has 1 aliphatic heterocycles. The van der Waals surface area contributed by atoms with Crippen molar-refractivity contribution in [1.82, 2.24) is 25.8 Å². The van der Waals surface area contributed by atoms with Crippen molar-refractivity contribution < 1.29 is 14.7 Å². The fourth-order valence-electron chi connectivity index (χ4n) is 3.58. The van der Waals surface area contributed by atoms with Crippen molar-refractivity contribution in [2.24, 2.45) is 0 Å². The van der Waals surface area contributed by atoms with Gasteiger partial charge in [-0.15, -0.1) is 0 Å². The van der Waals surface area contributed by atoms with E-state index >= 15 is 0 Å². The number of nitrogens with zero attached hydrogens (tertiary/aromatic N) is 2. The lowest BCUT2D eigenvalue weighted by molar-refractivity contribution is 0.0940. The number of hydrogen-bond donors (Lipinski definition) is 5. The summed E-state index contributed by atoms with van der Waals surface area (Å²) in [7, 11) is 1.35. The molecule has 4 rings (SSSR count). The molecule has 0 unspecified atom stereocenters. The predicted octanol–water partition coefficient (Wildman–Crippen LogP) is 3.07. The van der Waals surface area contributed by atoms with Gasteiger partial charge in [0.25, 0.3) is 5.91 Å². The minimum atomic E-state index is -0.995. The standard InChI is InChI=1S/C17H21N5O.C2H5NO2/c1-17(2)15-11(16(23)20-17)7-8-13(19-15)18-14-9-12(21-22-14)10-5-3-4-6-10;1-3-2(4)5/h7-10H,3-6H2,1-2H3,(H,20,23)(H2,18,19,21,22);3H,1H3,(H,4,5). The van der Waals surface area contributed by atoms with E-state index in [1.165, 1.54) is 38.4 Å². The summed E-state index contributed by atoms with van der Waals surface area (Å²) < 4.78 is 0. The third-order valence-electron chi connectivity index (χ3n) is 5.02. The summed E-state index contributed by atoms with van der Waals surface area (Å²) in [4.78, 5) is 25.8. The van der Waals surface area contributed by atoms with E-state index in [-0.39, 0.29) is 5.91 Å². The minimum Gasteiger partial charge on any atom is -0.465 e. The van der Waals surface area contributed by atoms with Crippen LogP contribution in [-0.4, -0.2) is 39.3 Å². The fourth-order valence-corrected chi connectivity index (χ4v) is 3.58. The molecule has 2 aromatic heterocycles. The smallest absolute Gasteiger partial charge is 0.404 e. The molecule has 0 spiro atoms. The maximum Gasteiger partial charge on any atom is 0.404 e. The second-order valence-electron chi connectivity index (χ2n) is 7.54. The van der Waals surface area contributed by atoms with Gasteiger partial charge in [-0.2, -0.15) is 5.10 Å². The molecule has 28 heavy (non-hydrogen) atoms. The first-order valence-electron chi connectivity index (χ1n) is 9.37. The Bertz CT molecular complexity index is 870. The molecule has 9 nitrogen and oxygen atoms in total. The van der Waals surface area contributed by atoms with Gasteiger partial charge in [-0.3, -0.25) is 9.89 Å². The number of carbonyl (C=O) groups is 2. The van der Waals surface area contributed by atoms with Crippen LogP contribution in [-0.2, 0) is 5.54 Å². The number of pyridine rings is 1. The lowest BCUT2D eigenvalue weighted by Gasteiger charge is -2.18. The zero-order chi connectivity index (χ0) is 20.3. The Kier molecular flexibility index (Phi) is 5.53. The van der Waals surface area contributed by atoms with Crippen molar-refractivity contribution in [3.8, 4) is 0 Å². The Hall–Kier alpha value is -3.10. The quantitative estimate of drug-likeness (QED) is 0.551. The van der Waals surface area contributed by atoms with Crippen LogP contribution in [0.5, 0.6) is 0 Å². The van der Waals surface area contributed by atoms with Crippen molar-refractivity contribution >= 4 is 23.6 Å². The number of carboxylic acid groups (broad SMARTS) is 1. The van der Waals surface area contributed by atoms with Gasteiger partial charge in [0.15, 0.2) is 5.82 Å². The molecule has 2 aliphatic rings. The van der Waals surface area contributed by atoms with E-state index in [1.54, 1.807) is 0 Å². The summed E-state index contributed by atoms with van der Waals surface area (Å²) in [5, 5.41) is 23.2. The molecule has 5 N–H and O–H groups in total. The second kappa shape index (κ2) is 7.87. The third kappa shape index (κ3) is 4.24. The number of aromatic amines is 1. The monoisotopic (exact) mass is 386 g/mol. The molecular weight excluding hydrogens is 360 g/mol. The van der Waals surface area contributed by atoms with Crippen LogP contribution in [0.15, 0.2) is 18.2 Å². The number of hydrogen-bond acceptors (Lipinski definition) is 5. The van der Waals surface area contributed by atoms with Gasteiger partial charge in [-0.1, -0.05) is 12.8 Å². The molecule has 0 aromatic carbocycles. The summed E-state index contributed by atoms with van der Waals surface area (Å²) in [6, 6.07) is 5.71. The van der Waals surface area contributed by atoms with Gasteiger partial charge < -0.3 is 21.1 Å². The Morgan fingerprint density at radius 2 is 1.93 bits per heavy atom. The van der Waals surface area contributed by atoms with Gasteiger partial charge >= 0.3 is 6.09 Å². The number of nitrogens with one attached hydrogen (secondary N) is 4. The highest BCUT2D eigenvalue weighted by atomic mass is 16.4. The van der Waals surface area contributed by atoms with Crippen molar-refractivity contribution in [2.75, 3.05) is 12.4 Å². The summed E-state index contributed by atoms with van der Waals surface area (Å²) in [6.45, 7) is 3.92. The molecule has 2 aromatic rings. The average molecular weight is 386 g/mol. The first kappa shape index (κ1) is 19.7. The van der Waals surface area contributed by atoms with E-state index in [1.807, 2.05) is 31.3 Å². The molecular formula is C19H26N6O3. The number of anilines is 2. The molecule has 0 radical (unpaired) electrons. The van der Waals surface area contributed by atoms with Gasteiger partial charge in [0, 0.05) is 24.7 Å². The van der Waals surface area contributed by atoms with E-state index < -0.39 is 11.6 Å². The van der Waals surface area contributed by atoms with Gasteiger partial charge in [0.1, 0.15) is 5.82 Å². The Morgan fingerprint density at radius 1 is 1.25 bits per heavy atom. The number of H-pyrrole nitrogens is 1. The van der Waals surface area contributed by atoms with Crippen molar-refractivity contribution in [1.29, 1.82) is 0 Å². The Labute approximate surface area is 163 Å². The summed E-state index contributed by atoms with van der Waals surface area (Å²) in [5.74, 6) is 2.02. The lowest BCUT2D eigenvalue weighted by atomic mass is 10.0. The normalized spacial score (nSPS) is 17.3. The third-order valence-corrected chi connectivity index (χ3v) is 5.02. The van der Waals surface area contributed by atoms with E-state index in [0.29, 0.717) is 17.3 Å². The van der Waals surface area contributed by atoms with Crippen molar-refractivity contribution in [3.05, 3.63) is 35.2 Å². The molecule has 1 fully saturated rings. The van der Waals surface area contributed by atoms with Crippen LogP contribution in [0.1, 0.15) is 67.2 Å². The molecule has 1 aliphatic carbocycles. The topological polar surface area (TPSA) is 132 Å². The summed E-state index contributed by atoms with van der Waals surface area (Å²) >= 11 is 0. The first-order chi connectivity index (χ1) is 13.3. The van der Waals surface area contributed by atoms with Crippen LogP contribution in [0.3, 0.4) is 0 Å². The molecule has 0 atom stereocenters. The van der Waals surface area contributed by atoms with E-state index in [2.05, 4.69) is 31.9 Å². The van der Waals surface area contributed by atoms with Crippen LogP contribution in [0.25, 0.3) is 0 Å². The number of carbonyl (C=O) groups excluding carboxylic acids is 1. The second-order valence-corrected chi connectivity index (χ2v) is 7.54. The van der Waals surface area contributed by atoms with Crippen LogP contribution in [0, 0.1) is 0 Å². The van der Waals surface area contributed by atoms with Gasteiger partial charge in [0.05, 0.1) is 16.8 Å². The Balaban J connectivity index is 0.000000403. The lowest BCUT2D eigenvalue weighted by Crippen LogP contribution is -2.33. The molecule has 1 saturated carbocycles. The maximum absolute atomic E-state index is 11.9. The van der Waals surface area contributed by atoms with Crippen LogP contribution in [0.2, 0.25) is 0 Å². The average Bonchev–Trinajstić information content (AvgIpc) is 3.36.